The lowest BCUT2D eigenvalue weighted by Gasteiger charge is -2.25. The first kappa shape index (κ1) is 22.5. The van der Waals surface area contributed by atoms with Crippen LogP contribution in [0.25, 0.3) is 0 Å². The van der Waals surface area contributed by atoms with Gasteiger partial charge in [-0.25, -0.2) is 8.42 Å². The van der Waals surface area contributed by atoms with E-state index in [1.165, 1.54) is 14.2 Å². The number of nitrogens with zero attached hydrogens (tertiary/aromatic N) is 1. The SMILES string of the molecule is COc1ccc(N(CC(=O)N[C@H](C)c2cc(C)ccc2C)S(C)(=O)=O)c(OC)c1. The molecule has 8 heteroatoms. The summed E-state index contributed by atoms with van der Waals surface area (Å²) in [6.45, 7) is 5.47. The predicted molar refractivity (Wildman–Crippen MR) is 114 cm³/mol. The summed E-state index contributed by atoms with van der Waals surface area (Å²) in [6.07, 6.45) is 1.05. The Kier molecular flexibility index (Phi) is 7.13. The van der Waals surface area contributed by atoms with Gasteiger partial charge in [-0.15, -0.1) is 0 Å². The number of hydrogen-bond donors (Lipinski definition) is 1. The van der Waals surface area contributed by atoms with E-state index in [2.05, 4.69) is 5.32 Å². The van der Waals surface area contributed by atoms with Crippen LogP contribution >= 0.6 is 0 Å². The molecule has 0 fully saturated rings. The van der Waals surface area contributed by atoms with Gasteiger partial charge in [-0.2, -0.15) is 0 Å². The maximum Gasteiger partial charge on any atom is 0.241 e. The molecule has 0 radical (unpaired) electrons. The fraction of sp³-hybridized carbons (Fsp3) is 0.381. The Labute approximate surface area is 172 Å². The highest BCUT2D eigenvalue weighted by molar-refractivity contribution is 7.92. The van der Waals surface area contributed by atoms with Crippen molar-refractivity contribution in [2.45, 2.75) is 26.8 Å². The molecule has 0 spiro atoms. The van der Waals surface area contributed by atoms with Crippen molar-refractivity contribution in [3.05, 3.63) is 53.1 Å². The van der Waals surface area contributed by atoms with Crippen LogP contribution in [0.2, 0.25) is 0 Å². The average molecular weight is 421 g/mol. The van der Waals surface area contributed by atoms with Crippen LogP contribution in [0.3, 0.4) is 0 Å². The lowest BCUT2D eigenvalue weighted by molar-refractivity contribution is -0.120. The number of benzene rings is 2. The van der Waals surface area contributed by atoms with E-state index in [1.54, 1.807) is 18.2 Å². The third kappa shape index (κ3) is 5.63. The molecule has 0 bridgehead atoms. The zero-order valence-electron chi connectivity index (χ0n) is 17.6. The number of anilines is 1. The van der Waals surface area contributed by atoms with E-state index in [0.717, 1.165) is 27.3 Å². The zero-order chi connectivity index (χ0) is 21.8. The van der Waals surface area contributed by atoms with Crippen molar-refractivity contribution in [3.63, 3.8) is 0 Å². The fourth-order valence-electron chi connectivity index (χ4n) is 3.09. The third-order valence-electron chi connectivity index (χ3n) is 4.62. The van der Waals surface area contributed by atoms with E-state index < -0.39 is 15.9 Å². The van der Waals surface area contributed by atoms with Gasteiger partial charge in [-0.05, 0) is 44.0 Å². The normalized spacial score (nSPS) is 12.2. The lowest BCUT2D eigenvalue weighted by Crippen LogP contribution is -2.41. The summed E-state index contributed by atoms with van der Waals surface area (Å²) in [4.78, 5) is 12.7. The minimum Gasteiger partial charge on any atom is -0.497 e. The number of aryl methyl sites for hydroxylation is 2. The molecule has 1 amide bonds. The molecule has 0 aromatic heterocycles. The molecule has 0 unspecified atom stereocenters. The number of carbonyl (C=O) groups is 1. The van der Waals surface area contributed by atoms with Crippen molar-refractivity contribution >= 4 is 21.6 Å². The average Bonchev–Trinajstić information content (AvgIpc) is 2.66. The molecule has 0 saturated heterocycles. The Morgan fingerprint density at radius 3 is 2.38 bits per heavy atom. The summed E-state index contributed by atoms with van der Waals surface area (Å²) in [7, 11) is -0.792. The molecule has 0 aliphatic rings. The Morgan fingerprint density at radius 1 is 1.10 bits per heavy atom. The standard InChI is InChI=1S/C21H28N2O5S/c1-14-7-8-15(2)18(11-14)16(3)22-21(24)13-23(29(6,25)26)19-10-9-17(27-4)12-20(19)28-5/h7-12,16H,13H2,1-6H3,(H,22,24)/t16-/m1/s1. The Morgan fingerprint density at radius 2 is 1.79 bits per heavy atom. The molecular weight excluding hydrogens is 392 g/mol. The highest BCUT2D eigenvalue weighted by atomic mass is 32.2. The number of hydrogen-bond acceptors (Lipinski definition) is 5. The van der Waals surface area contributed by atoms with Gasteiger partial charge >= 0.3 is 0 Å². The zero-order valence-corrected chi connectivity index (χ0v) is 18.5. The second kappa shape index (κ2) is 9.17. The van der Waals surface area contributed by atoms with Gasteiger partial charge < -0.3 is 14.8 Å². The van der Waals surface area contributed by atoms with Crippen molar-refractivity contribution < 1.29 is 22.7 Å². The van der Waals surface area contributed by atoms with Crippen molar-refractivity contribution in [2.24, 2.45) is 0 Å². The van der Waals surface area contributed by atoms with Gasteiger partial charge in [0, 0.05) is 6.07 Å². The molecule has 1 N–H and O–H groups in total. The number of sulfonamides is 1. The van der Waals surface area contributed by atoms with Gasteiger partial charge in [0.25, 0.3) is 0 Å². The van der Waals surface area contributed by atoms with Crippen molar-refractivity contribution in [3.8, 4) is 11.5 Å². The molecule has 158 valence electrons. The van der Waals surface area contributed by atoms with Crippen molar-refractivity contribution in [1.82, 2.24) is 5.32 Å². The maximum absolute atomic E-state index is 12.7. The monoisotopic (exact) mass is 420 g/mol. The van der Waals surface area contributed by atoms with E-state index in [0.29, 0.717) is 11.5 Å². The number of amides is 1. The van der Waals surface area contributed by atoms with Gasteiger partial charge in [-0.1, -0.05) is 23.8 Å². The first-order valence-corrected chi connectivity index (χ1v) is 11.0. The van der Waals surface area contributed by atoms with Crippen LogP contribution in [-0.4, -0.2) is 41.3 Å². The summed E-state index contributed by atoms with van der Waals surface area (Å²) in [5, 5.41) is 2.89. The summed E-state index contributed by atoms with van der Waals surface area (Å²) in [6, 6.07) is 10.5. The third-order valence-corrected chi connectivity index (χ3v) is 5.75. The van der Waals surface area contributed by atoms with E-state index >= 15 is 0 Å². The van der Waals surface area contributed by atoms with E-state index in [9.17, 15) is 13.2 Å². The van der Waals surface area contributed by atoms with Gasteiger partial charge in [0.2, 0.25) is 15.9 Å². The maximum atomic E-state index is 12.7. The van der Waals surface area contributed by atoms with Gasteiger partial charge in [0.15, 0.2) is 0 Å². The van der Waals surface area contributed by atoms with E-state index in [1.807, 2.05) is 39.0 Å². The molecule has 0 saturated carbocycles. The Balaban J connectivity index is 2.27. The van der Waals surface area contributed by atoms with Crippen molar-refractivity contribution in [2.75, 3.05) is 31.3 Å². The lowest BCUT2D eigenvalue weighted by atomic mass is 10.00. The van der Waals surface area contributed by atoms with E-state index in [-0.39, 0.29) is 18.3 Å². The van der Waals surface area contributed by atoms with Gasteiger partial charge in [0.05, 0.1) is 32.2 Å². The first-order valence-electron chi connectivity index (χ1n) is 9.13. The minimum absolute atomic E-state index is 0.262. The smallest absolute Gasteiger partial charge is 0.241 e. The highest BCUT2D eigenvalue weighted by Crippen LogP contribution is 2.33. The molecule has 0 heterocycles. The number of methoxy groups -OCH3 is 2. The van der Waals surface area contributed by atoms with Crippen LogP contribution < -0.4 is 19.1 Å². The van der Waals surface area contributed by atoms with Gasteiger partial charge in [-0.3, -0.25) is 9.10 Å². The van der Waals surface area contributed by atoms with E-state index in [4.69, 9.17) is 9.47 Å². The van der Waals surface area contributed by atoms with Crippen LogP contribution in [0.5, 0.6) is 11.5 Å². The second-order valence-electron chi connectivity index (χ2n) is 6.96. The summed E-state index contributed by atoms with van der Waals surface area (Å²) < 4.78 is 36.3. The number of carbonyl (C=O) groups excluding carboxylic acids is 1. The molecule has 1 atom stereocenters. The van der Waals surface area contributed by atoms with Crippen LogP contribution in [0.1, 0.15) is 29.7 Å². The Bertz CT molecular complexity index is 989. The fourth-order valence-corrected chi connectivity index (χ4v) is 3.95. The molecule has 7 nitrogen and oxygen atoms in total. The number of rotatable bonds is 8. The topological polar surface area (TPSA) is 84.9 Å². The molecule has 0 aliphatic carbocycles. The highest BCUT2D eigenvalue weighted by Gasteiger charge is 2.25. The number of nitrogens with one attached hydrogen (secondary N) is 1. The second-order valence-corrected chi connectivity index (χ2v) is 8.86. The molecule has 0 aliphatic heterocycles. The molecule has 2 aromatic rings. The van der Waals surface area contributed by atoms with Gasteiger partial charge in [0.1, 0.15) is 18.0 Å². The van der Waals surface area contributed by atoms with Crippen LogP contribution in [-0.2, 0) is 14.8 Å². The van der Waals surface area contributed by atoms with Crippen LogP contribution in [0.4, 0.5) is 5.69 Å². The van der Waals surface area contributed by atoms with Crippen LogP contribution in [0.15, 0.2) is 36.4 Å². The quantitative estimate of drug-likeness (QED) is 0.710. The predicted octanol–water partition coefficient (Wildman–Crippen LogP) is 2.96. The summed E-state index contributed by atoms with van der Waals surface area (Å²) >= 11 is 0. The van der Waals surface area contributed by atoms with Crippen molar-refractivity contribution in [1.29, 1.82) is 0 Å². The summed E-state index contributed by atoms with van der Waals surface area (Å²) in [5.74, 6) is 0.402. The number of ether oxygens (including phenoxy) is 2. The molecule has 29 heavy (non-hydrogen) atoms. The molecular formula is C21H28N2O5S. The Hall–Kier alpha value is -2.74. The first-order chi connectivity index (χ1) is 13.6. The largest absolute Gasteiger partial charge is 0.497 e. The molecule has 2 aromatic carbocycles. The molecule has 2 rings (SSSR count). The summed E-state index contributed by atoms with van der Waals surface area (Å²) in [5.41, 5.74) is 3.41. The minimum atomic E-state index is -3.73. The van der Waals surface area contributed by atoms with Crippen LogP contribution in [0, 0.1) is 13.8 Å².